The second-order valence-corrected chi connectivity index (χ2v) is 4.66. The van der Waals surface area contributed by atoms with E-state index in [1.54, 1.807) is 18.0 Å². The highest BCUT2D eigenvalue weighted by Gasteiger charge is 2.19. The summed E-state index contributed by atoms with van der Waals surface area (Å²) >= 11 is 0. The van der Waals surface area contributed by atoms with Gasteiger partial charge in [-0.2, -0.15) is 5.26 Å². The topological polar surface area (TPSA) is 70.1 Å². The molecule has 0 aliphatic rings. The van der Waals surface area contributed by atoms with Gasteiger partial charge in [0.05, 0.1) is 19.0 Å². The van der Waals surface area contributed by atoms with Gasteiger partial charge in [-0.3, -0.25) is 4.79 Å². The summed E-state index contributed by atoms with van der Waals surface area (Å²) in [6.07, 6.45) is 0.313. The van der Waals surface area contributed by atoms with Gasteiger partial charge < -0.3 is 10.6 Å². The average molecular weight is 269 g/mol. The molecule has 1 aromatic carbocycles. The zero-order chi connectivity index (χ0) is 15.1. The van der Waals surface area contributed by atoms with Gasteiger partial charge in [0.15, 0.2) is 0 Å². The Balaban J connectivity index is 3.06. The Labute approximate surface area is 120 Å². The minimum absolute atomic E-state index is 0.0957. The Morgan fingerprint density at radius 2 is 2.20 bits per heavy atom. The minimum Gasteiger partial charge on any atom is -0.338 e. The Hall–Kier alpha value is -2.30. The van der Waals surface area contributed by atoms with E-state index in [-0.39, 0.29) is 18.5 Å². The van der Waals surface area contributed by atoms with Crippen LogP contribution in [-0.4, -0.2) is 30.4 Å². The normalized spacial score (nSPS) is 10.9. The van der Waals surface area contributed by atoms with Crippen LogP contribution >= 0.6 is 0 Å². The molecule has 0 spiro atoms. The molecule has 1 rings (SSSR count). The van der Waals surface area contributed by atoms with Gasteiger partial charge in [-0.15, -0.1) is 0 Å². The van der Waals surface area contributed by atoms with Crippen molar-refractivity contribution in [2.24, 2.45) is 5.73 Å². The van der Waals surface area contributed by atoms with Gasteiger partial charge >= 0.3 is 0 Å². The first-order valence-electron chi connectivity index (χ1n) is 6.45. The first kappa shape index (κ1) is 15.8. The minimum atomic E-state index is -0.120. The van der Waals surface area contributed by atoms with Crippen LogP contribution in [0.1, 0.15) is 34.8 Å². The maximum absolute atomic E-state index is 12.5. The standard InChI is InChI=1S/C16H19N3O/c1-12-6-7-14(5-4-9-17)11-15(12)16(20)19(3)13(2)8-10-18/h6-7,11,13H,8-9,17H2,1-3H3. The number of benzene rings is 1. The van der Waals surface area contributed by atoms with Crippen LogP contribution in [0.4, 0.5) is 0 Å². The monoisotopic (exact) mass is 269 g/mol. The molecule has 1 unspecified atom stereocenters. The van der Waals surface area contributed by atoms with Crippen LogP contribution in [0, 0.1) is 30.1 Å². The van der Waals surface area contributed by atoms with E-state index < -0.39 is 0 Å². The lowest BCUT2D eigenvalue weighted by molar-refractivity contribution is 0.0745. The van der Waals surface area contributed by atoms with Crippen molar-refractivity contribution in [2.75, 3.05) is 13.6 Å². The third kappa shape index (κ3) is 3.85. The fourth-order valence-electron chi connectivity index (χ4n) is 1.74. The molecule has 4 nitrogen and oxygen atoms in total. The molecule has 4 heteroatoms. The number of nitrogens with zero attached hydrogens (tertiary/aromatic N) is 2. The smallest absolute Gasteiger partial charge is 0.254 e. The van der Waals surface area contributed by atoms with Gasteiger partial charge in [0.2, 0.25) is 0 Å². The molecule has 104 valence electrons. The van der Waals surface area contributed by atoms with Crippen molar-refractivity contribution in [3.05, 3.63) is 34.9 Å². The Bertz CT molecular complexity index is 590. The predicted octanol–water partition coefficient (Wildman–Crippen LogP) is 1.68. The summed E-state index contributed by atoms with van der Waals surface area (Å²) in [5.41, 5.74) is 7.62. The molecule has 0 heterocycles. The van der Waals surface area contributed by atoms with E-state index in [0.29, 0.717) is 12.0 Å². The van der Waals surface area contributed by atoms with Crippen molar-refractivity contribution in [1.82, 2.24) is 4.90 Å². The summed E-state index contributed by atoms with van der Waals surface area (Å²) < 4.78 is 0. The number of nitriles is 1. The Kier molecular flexibility index (Phi) is 5.77. The summed E-state index contributed by atoms with van der Waals surface area (Å²) in [4.78, 5) is 14.0. The summed E-state index contributed by atoms with van der Waals surface area (Å²) in [6, 6.07) is 7.47. The number of rotatable bonds is 3. The van der Waals surface area contributed by atoms with E-state index in [1.165, 1.54) is 0 Å². The molecule has 0 aliphatic carbocycles. The molecule has 0 aliphatic heterocycles. The van der Waals surface area contributed by atoms with E-state index in [4.69, 9.17) is 11.0 Å². The van der Waals surface area contributed by atoms with Crippen molar-refractivity contribution in [2.45, 2.75) is 26.3 Å². The van der Waals surface area contributed by atoms with E-state index in [0.717, 1.165) is 11.1 Å². The molecule has 1 amide bonds. The number of carbonyl (C=O) groups excluding carboxylic acids is 1. The van der Waals surface area contributed by atoms with Gasteiger partial charge in [-0.05, 0) is 31.5 Å². The molecule has 0 saturated heterocycles. The number of carbonyl (C=O) groups is 1. The number of hydrogen-bond donors (Lipinski definition) is 1. The van der Waals surface area contributed by atoms with Gasteiger partial charge in [0.25, 0.3) is 5.91 Å². The molecule has 2 N–H and O–H groups in total. The Morgan fingerprint density at radius 3 is 2.80 bits per heavy atom. The third-order valence-corrected chi connectivity index (χ3v) is 3.17. The lowest BCUT2D eigenvalue weighted by atomic mass is 10.0. The highest BCUT2D eigenvalue weighted by atomic mass is 16.2. The van der Waals surface area contributed by atoms with Crippen molar-refractivity contribution >= 4 is 5.91 Å². The summed E-state index contributed by atoms with van der Waals surface area (Å²) in [7, 11) is 1.71. The van der Waals surface area contributed by atoms with Gasteiger partial charge in [0, 0.05) is 24.2 Å². The molecule has 1 aromatic rings. The van der Waals surface area contributed by atoms with E-state index >= 15 is 0 Å². The zero-order valence-electron chi connectivity index (χ0n) is 12.1. The number of aryl methyl sites for hydroxylation is 1. The molecule has 0 aromatic heterocycles. The number of nitrogens with two attached hydrogens (primary N) is 1. The van der Waals surface area contributed by atoms with Crippen LogP contribution in [0.15, 0.2) is 18.2 Å². The van der Waals surface area contributed by atoms with Crippen LogP contribution < -0.4 is 5.73 Å². The van der Waals surface area contributed by atoms with Crippen molar-refractivity contribution < 1.29 is 4.79 Å². The largest absolute Gasteiger partial charge is 0.338 e. The molecule has 20 heavy (non-hydrogen) atoms. The average Bonchev–Trinajstić information content (AvgIpc) is 2.45. The van der Waals surface area contributed by atoms with Crippen LogP contribution in [0.5, 0.6) is 0 Å². The highest BCUT2D eigenvalue weighted by Crippen LogP contribution is 2.15. The van der Waals surface area contributed by atoms with Gasteiger partial charge in [-0.25, -0.2) is 0 Å². The van der Waals surface area contributed by atoms with E-state index in [9.17, 15) is 4.79 Å². The van der Waals surface area contributed by atoms with E-state index in [2.05, 4.69) is 17.9 Å². The van der Waals surface area contributed by atoms with Crippen molar-refractivity contribution in [3.63, 3.8) is 0 Å². The summed E-state index contributed by atoms with van der Waals surface area (Å²) in [5.74, 6) is 5.60. The second kappa shape index (κ2) is 7.33. The second-order valence-electron chi connectivity index (χ2n) is 4.66. The molecular weight excluding hydrogens is 250 g/mol. The van der Waals surface area contributed by atoms with Crippen LogP contribution in [-0.2, 0) is 0 Å². The Morgan fingerprint density at radius 1 is 1.50 bits per heavy atom. The van der Waals surface area contributed by atoms with Gasteiger partial charge in [0.1, 0.15) is 0 Å². The summed E-state index contributed by atoms with van der Waals surface area (Å²) in [6.45, 7) is 4.03. The zero-order valence-corrected chi connectivity index (χ0v) is 12.1. The van der Waals surface area contributed by atoms with E-state index in [1.807, 2.05) is 26.0 Å². The molecule has 0 saturated carbocycles. The molecular formula is C16H19N3O. The molecule has 0 fully saturated rings. The van der Waals surface area contributed by atoms with Gasteiger partial charge in [-0.1, -0.05) is 17.9 Å². The van der Waals surface area contributed by atoms with Crippen LogP contribution in [0.3, 0.4) is 0 Å². The molecule has 0 radical (unpaired) electrons. The molecule has 1 atom stereocenters. The maximum atomic E-state index is 12.5. The van der Waals surface area contributed by atoms with Crippen LogP contribution in [0.2, 0.25) is 0 Å². The number of hydrogen-bond acceptors (Lipinski definition) is 3. The first-order valence-corrected chi connectivity index (χ1v) is 6.45. The fraction of sp³-hybridized carbons (Fsp3) is 0.375. The SMILES string of the molecule is Cc1ccc(C#CCN)cc1C(=O)N(C)C(C)CC#N. The lowest BCUT2D eigenvalue weighted by Gasteiger charge is -2.23. The van der Waals surface area contributed by atoms with Crippen molar-refractivity contribution in [1.29, 1.82) is 5.26 Å². The fourth-order valence-corrected chi connectivity index (χ4v) is 1.74. The number of amides is 1. The highest BCUT2D eigenvalue weighted by molar-refractivity contribution is 5.96. The predicted molar refractivity (Wildman–Crippen MR) is 78.9 cm³/mol. The maximum Gasteiger partial charge on any atom is 0.254 e. The first-order chi connectivity index (χ1) is 9.51. The summed E-state index contributed by atoms with van der Waals surface area (Å²) in [5, 5.41) is 8.72. The van der Waals surface area contributed by atoms with Crippen molar-refractivity contribution in [3.8, 4) is 17.9 Å². The van der Waals surface area contributed by atoms with Crippen LogP contribution in [0.25, 0.3) is 0 Å². The lowest BCUT2D eigenvalue weighted by Crippen LogP contribution is -2.35. The quantitative estimate of drug-likeness (QED) is 0.849. The molecule has 0 bridgehead atoms. The third-order valence-electron chi connectivity index (χ3n) is 3.17.